The molecule has 2 N–H and O–H groups in total. The van der Waals surface area contributed by atoms with Gasteiger partial charge in [-0.1, -0.05) is 28.1 Å². The van der Waals surface area contributed by atoms with Crippen molar-refractivity contribution in [2.75, 3.05) is 20.3 Å². The van der Waals surface area contributed by atoms with Crippen LogP contribution in [0.2, 0.25) is 0 Å². The number of ether oxygens (including phenoxy) is 2. The minimum atomic E-state index is -0.669. The van der Waals surface area contributed by atoms with Gasteiger partial charge in [-0.2, -0.15) is 0 Å². The number of aliphatic hydroxyl groups excluding tert-OH is 1. The molecule has 0 saturated carbocycles. The number of rotatable bonds is 9. The van der Waals surface area contributed by atoms with Gasteiger partial charge < -0.3 is 24.5 Å². The van der Waals surface area contributed by atoms with Crippen molar-refractivity contribution in [3.05, 3.63) is 76.8 Å². The van der Waals surface area contributed by atoms with Gasteiger partial charge in [-0.3, -0.25) is 0 Å². The van der Waals surface area contributed by atoms with E-state index in [4.69, 9.17) is 9.47 Å². The molecule has 0 fully saturated rings. The molecule has 2 atom stereocenters. The number of halogens is 2. The van der Waals surface area contributed by atoms with E-state index in [1.54, 1.807) is 13.3 Å². The Morgan fingerprint density at radius 1 is 1.17 bits per heavy atom. The fraction of sp³-hybridized carbons (Fsp3) is 0.286. The second kappa shape index (κ2) is 11.2. The highest BCUT2D eigenvalue weighted by Gasteiger charge is 2.20. The van der Waals surface area contributed by atoms with Crippen LogP contribution < -0.4 is 14.8 Å². The van der Waals surface area contributed by atoms with Crippen LogP contribution in [-0.2, 0) is 7.05 Å². The van der Waals surface area contributed by atoms with Crippen LogP contribution in [0.5, 0.6) is 11.5 Å². The molecule has 156 valence electrons. The molecule has 0 aliphatic rings. The molecule has 0 radical (unpaired) electrons. The van der Waals surface area contributed by atoms with Crippen molar-refractivity contribution >= 4 is 28.3 Å². The third kappa shape index (κ3) is 6.47. The summed E-state index contributed by atoms with van der Waals surface area (Å²) in [6.07, 6.45) is 2.99. The van der Waals surface area contributed by atoms with Gasteiger partial charge in [0.15, 0.2) is 0 Å². The summed E-state index contributed by atoms with van der Waals surface area (Å²) in [5.41, 5.74) is 1.01. The van der Waals surface area contributed by atoms with Gasteiger partial charge in [0.05, 0.1) is 13.2 Å². The van der Waals surface area contributed by atoms with E-state index in [1.165, 1.54) is 0 Å². The van der Waals surface area contributed by atoms with E-state index in [0.717, 1.165) is 27.4 Å². The molecule has 2 unspecified atom stereocenters. The van der Waals surface area contributed by atoms with Gasteiger partial charge in [-0.05, 0) is 42.0 Å². The van der Waals surface area contributed by atoms with Gasteiger partial charge in [-0.15, -0.1) is 12.4 Å². The first-order valence-corrected chi connectivity index (χ1v) is 9.77. The first-order chi connectivity index (χ1) is 13.6. The van der Waals surface area contributed by atoms with Gasteiger partial charge in [0.25, 0.3) is 0 Å². The number of imidazole rings is 1. The van der Waals surface area contributed by atoms with Gasteiger partial charge in [0.1, 0.15) is 30.0 Å². The van der Waals surface area contributed by atoms with Crippen molar-refractivity contribution in [2.45, 2.75) is 12.1 Å². The molecule has 0 amide bonds. The van der Waals surface area contributed by atoms with E-state index in [9.17, 15) is 5.11 Å². The number of methoxy groups -OCH3 is 1. The van der Waals surface area contributed by atoms with Crippen LogP contribution in [0.3, 0.4) is 0 Å². The van der Waals surface area contributed by atoms with Crippen LogP contribution in [0, 0.1) is 0 Å². The Bertz CT molecular complexity index is 889. The molecule has 0 saturated heterocycles. The van der Waals surface area contributed by atoms with Crippen molar-refractivity contribution in [2.24, 2.45) is 7.05 Å². The zero-order valence-corrected chi connectivity index (χ0v) is 18.7. The van der Waals surface area contributed by atoms with E-state index in [0.29, 0.717) is 6.54 Å². The lowest BCUT2D eigenvalue weighted by Gasteiger charge is -2.22. The maximum atomic E-state index is 10.4. The van der Waals surface area contributed by atoms with Crippen LogP contribution in [0.1, 0.15) is 17.4 Å². The molecular formula is C21H25BrClN3O3. The first kappa shape index (κ1) is 23.2. The second-order valence-corrected chi connectivity index (χ2v) is 7.35. The number of aromatic nitrogens is 2. The molecule has 0 bridgehead atoms. The Kier molecular flexibility index (Phi) is 8.98. The zero-order chi connectivity index (χ0) is 19.9. The van der Waals surface area contributed by atoms with Crippen LogP contribution >= 0.6 is 28.3 Å². The molecule has 1 aromatic heterocycles. The highest BCUT2D eigenvalue weighted by Crippen LogP contribution is 2.24. The third-order valence-electron chi connectivity index (χ3n) is 4.36. The second-order valence-electron chi connectivity index (χ2n) is 6.43. The maximum absolute atomic E-state index is 10.4. The lowest BCUT2D eigenvalue weighted by molar-refractivity contribution is 0.104. The molecule has 6 nitrogen and oxygen atoms in total. The predicted molar refractivity (Wildman–Crippen MR) is 119 cm³/mol. The van der Waals surface area contributed by atoms with Gasteiger partial charge in [0.2, 0.25) is 0 Å². The molecule has 8 heteroatoms. The number of aliphatic hydroxyl groups is 1. The minimum Gasteiger partial charge on any atom is -0.497 e. The standard InChI is InChI=1S/C21H24BrN3O3.ClH/c1-25-11-10-23-21(25)20(15-4-3-5-19(12-15)27-2)24-13-17(26)14-28-18-8-6-16(22)7-9-18;/h3-12,17,20,24,26H,13-14H2,1-2H3;1H. The maximum Gasteiger partial charge on any atom is 0.130 e. The van der Waals surface area contributed by atoms with Crippen LogP contribution in [-0.4, -0.2) is 41.0 Å². The third-order valence-corrected chi connectivity index (χ3v) is 4.89. The topological polar surface area (TPSA) is 68.5 Å². The Balaban J connectivity index is 0.00000300. The smallest absolute Gasteiger partial charge is 0.130 e. The molecule has 0 aliphatic heterocycles. The summed E-state index contributed by atoms with van der Waals surface area (Å²) in [5, 5.41) is 13.8. The lowest BCUT2D eigenvalue weighted by Crippen LogP contribution is -2.35. The van der Waals surface area contributed by atoms with Crippen LogP contribution in [0.25, 0.3) is 0 Å². The first-order valence-electron chi connectivity index (χ1n) is 8.98. The summed E-state index contributed by atoms with van der Waals surface area (Å²) >= 11 is 3.39. The molecule has 2 aromatic carbocycles. The average molecular weight is 483 g/mol. The van der Waals surface area contributed by atoms with Gasteiger partial charge in [0, 0.05) is 30.5 Å². The normalized spacial score (nSPS) is 12.7. The molecule has 3 aromatic rings. The number of hydrogen-bond donors (Lipinski definition) is 2. The fourth-order valence-electron chi connectivity index (χ4n) is 2.87. The highest BCUT2D eigenvalue weighted by molar-refractivity contribution is 9.10. The summed E-state index contributed by atoms with van der Waals surface area (Å²) in [6.45, 7) is 0.547. The fourth-order valence-corrected chi connectivity index (χ4v) is 3.13. The molecule has 29 heavy (non-hydrogen) atoms. The van der Waals surface area contributed by atoms with E-state index in [2.05, 4.69) is 26.2 Å². The summed E-state index contributed by atoms with van der Waals surface area (Å²) in [6, 6.07) is 15.2. The Labute approximate surface area is 185 Å². The SMILES string of the molecule is COc1cccc(C(NCC(O)COc2ccc(Br)cc2)c2nccn2C)c1.Cl. The van der Waals surface area contributed by atoms with E-state index in [-0.39, 0.29) is 25.1 Å². The lowest BCUT2D eigenvalue weighted by atomic mass is 10.1. The van der Waals surface area contributed by atoms with Gasteiger partial charge >= 0.3 is 0 Å². The summed E-state index contributed by atoms with van der Waals surface area (Å²) < 4.78 is 14.0. The van der Waals surface area contributed by atoms with E-state index < -0.39 is 6.10 Å². The summed E-state index contributed by atoms with van der Waals surface area (Å²) in [7, 11) is 3.59. The molecule has 1 heterocycles. The van der Waals surface area contributed by atoms with E-state index >= 15 is 0 Å². The Morgan fingerprint density at radius 2 is 1.93 bits per heavy atom. The summed E-state index contributed by atoms with van der Waals surface area (Å²) in [5.74, 6) is 2.35. The molecular weight excluding hydrogens is 458 g/mol. The Hall–Kier alpha value is -2.06. The van der Waals surface area contributed by atoms with Crippen molar-refractivity contribution in [3.63, 3.8) is 0 Å². The number of nitrogens with one attached hydrogen (secondary N) is 1. The summed E-state index contributed by atoms with van der Waals surface area (Å²) in [4.78, 5) is 4.47. The predicted octanol–water partition coefficient (Wildman–Crippen LogP) is 3.73. The zero-order valence-electron chi connectivity index (χ0n) is 16.3. The largest absolute Gasteiger partial charge is 0.497 e. The number of nitrogens with zero attached hydrogens (tertiary/aromatic N) is 2. The average Bonchev–Trinajstić information content (AvgIpc) is 3.13. The molecule has 3 rings (SSSR count). The van der Waals surface area contributed by atoms with E-state index in [1.807, 2.05) is 66.3 Å². The number of hydrogen-bond acceptors (Lipinski definition) is 5. The number of benzene rings is 2. The van der Waals surface area contributed by atoms with Crippen LogP contribution in [0.15, 0.2) is 65.4 Å². The molecule has 0 spiro atoms. The highest BCUT2D eigenvalue weighted by atomic mass is 79.9. The van der Waals surface area contributed by atoms with Crippen LogP contribution in [0.4, 0.5) is 0 Å². The van der Waals surface area contributed by atoms with Crippen molar-refractivity contribution in [1.82, 2.24) is 14.9 Å². The van der Waals surface area contributed by atoms with Crippen molar-refractivity contribution in [1.29, 1.82) is 0 Å². The molecule has 0 aliphatic carbocycles. The van der Waals surface area contributed by atoms with Crippen molar-refractivity contribution < 1.29 is 14.6 Å². The quantitative estimate of drug-likeness (QED) is 0.486. The Morgan fingerprint density at radius 3 is 2.59 bits per heavy atom. The van der Waals surface area contributed by atoms with Crippen molar-refractivity contribution in [3.8, 4) is 11.5 Å². The van der Waals surface area contributed by atoms with Gasteiger partial charge in [-0.25, -0.2) is 4.98 Å². The monoisotopic (exact) mass is 481 g/mol. The number of aryl methyl sites for hydroxylation is 1. The minimum absolute atomic E-state index is 0.